The van der Waals surface area contributed by atoms with Gasteiger partial charge in [-0.3, -0.25) is 14.4 Å². The number of aliphatic carboxylic acids is 1. The third-order valence-corrected chi connectivity index (χ3v) is 8.18. The zero-order valence-electron chi connectivity index (χ0n) is 18.9. The second kappa shape index (κ2) is 9.66. The number of nitrogens with one attached hydrogen (secondary N) is 2. The molecule has 0 atom stereocenters. The summed E-state index contributed by atoms with van der Waals surface area (Å²) in [5, 5.41) is 15.9. The first kappa shape index (κ1) is 22.7. The molecule has 1 aromatic heterocycles. The molecular weight excluding hydrogens is 456 g/mol. The molecule has 2 amide bonds. The summed E-state index contributed by atoms with van der Waals surface area (Å²) in [4.78, 5) is 38.7. The van der Waals surface area contributed by atoms with Gasteiger partial charge in [-0.15, -0.1) is 11.3 Å². The molecule has 0 saturated heterocycles. The number of carbonyl (C=O) groups is 3. The van der Waals surface area contributed by atoms with Crippen LogP contribution in [0.4, 0.5) is 5.00 Å². The van der Waals surface area contributed by atoms with Gasteiger partial charge in [0.15, 0.2) is 11.5 Å². The Morgan fingerprint density at radius 2 is 1.74 bits per heavy atom. The van der Waals surface area contributed by atoms with E-state index in [0.29, 0.717) is 54.3 Å². The number of ether oxygens (including phenoxy) is 2. The predicted octanol–water partition coefficient (Wildman–Crippen LogP) is 4.12. The summed E-state index contributed by atoms with van der Waals surface area (Å²) >= 11 is 1.50. The highest BCUT2D eigenvalue weighted by Crippen LogP contribution is 2.39. The van der Waals surface area contributed by atoms with Crippen LogP contribution in [0, 0.1) is 11.8 Å². The number of hydrogen-bond acceptors (Lipinski definition) is 6. The lowest BCUT2D eigenvalue weighted by Crippen LogP contribution is -2.30. The molecule has 1 aromatic carbocycles. The van der Waals surface area contributed by atoms with Crippen LogP contribution in [0.25, 0.3) is 0 Å². The minimum atomic E-state index is -0.786. The Kier molecular flexibility index (Phi) is 6.45. The monoisotopic (exact) mass is 484 g/mol. The van der Waals surface area contributed by atoms with Gasteiger partial charge in [0.2, 0.25) is 12.7 Å². The molecule has 2 heterocycles. The van der Waals surface area contributed by atoms with E-state index in [0.717, 1.165) is 36.8 Å². The summed E-state index contributed by atoms with van der Waals surface area (Å²) in [5.41, 5.74) is 2.53. The molecule has 1 fully saturated rings. The number of anilines is 1. The minimum absolute atomic E-state index is 0.118. The van der Waals surface area contributed by atoms with Crippen LogP contribution in [0.1, 0.15) is 64.9 Å². The Morgan fingerprint density at radius 3 is 2.53 bits per heavy atom. The molecule has 0 bridgehead atoms. The van der Waals surface area contributed by atoms with Crippen molar-refractivity contribution >= 4 is 34.1 Å². The van der Waals surface area contributed by atoms with Crippen LogP contribution in [0.2, 0.25) is 0 Å². The van der Waals surface area contributed by atoms with E-state index in [1.165, 1.54) is 16.2 Å². The van der Waals surface area contributed by atoms with Crippen molar-refractivity contribution in [3.63, 3.8) is 0 Å². The minimum Gasteiger partial charge on any atom is -0.481 e. The Bertz CT molecular complexity index is 1120. The fourth-order valence-electron chi connectivity index (χ4n) is 5.03. The lowest BCUT2D eigenvalue weighted by molar-refractivity contribution is -0.143. The lowest BCUT2D eigenvalue weighted by Gasteiger charge is -2.25. The first-order valence-corrected chi connectivity index (χ1v) is 12.7. The molecule has 34 heavy (non-hydrogen) atoms. The zero-order valence-corrected chi connectivity index (χ0v) is 19.7. The van der Waals surface area contributed by atoms with Crippen molar-refractivity contribution < 1.29 is 29.0 Å². The highest BCUT2D eigenvalue weighted by atomic mass is 32.1. The molecule has 9 heteroatoms. The molecule has 2 aromatic rings. The number of carboxylic acids is 1. The Balaban J connectivity index is 1.29. The summed E-state index contributed by atoms with van der Waals surface area (Å²) in [6, 6.07) is 5.59. The number of fused-ring (bicyclic) bond motifs is 2. The van der Waals surface area contributed by atoms with Crippen LogP contribution >= 0.6 is 11.3 Å². The number of benzene rings is 1. The second-order valence-corrected chi connectivity index (χ2v) is 10.3. The first-order valence-electron chi connectivity index (χ1n) is 11.8. The average molecular weight is 485 g/mol. The van der Waals surface area contributed by atoms with E-state index < -0.39 is 5.97 Å². The smallest absolute Gasteiger partial charge is 0.306 e. The lowest BCUT2D eigenvalue weighted by atomic mass is 9.81. The first-order chi connectivity index (χ1) is 16.5. The molecule has 2 aliphatic carbocycles. The van der Waals surface area contributed by atoms with E-state index in [2.05, 4.69) is 10.6 Å². The van der Waals surface area contributed by atoms with Gasteiger partial charge in [0.05, 0.1) is 11.5 Å². The summed E-state index contributed by atoms with van der Waals surface area (Å²) in [6.07, 6.45) is 5.99. The summed E-state index contributed by atoms with van der Waals surface area (Å²) < 4.78 is 10.8. The standard InChI is InChI=1S/C25H28N2O6S/c28-22(15-6-8-16(9-7-15)25(30)31)27-24-21(17-3-1-2-4-20(17)34-24)23(29)26-12-14-5-10-18-19(11-14)33-13-32-18/h5,10-11,15-16H,1-4,6-9,12-13H2,(H,26,29)(H,27,28)(H,30,31). The van der Waals surface area contributed by atoms with Crippen LogP contribution in [0.3, 0.4) is 0 Å². The Hall–Kier alpha value is -3.07. The summed E-state index contributed by atoms with van der Waals surface area (Å²) in [6.45, 7) is 0.542. The molecular formula is C25H28N2O6S. The molecule has 5 rings (SSSR count). The van der Waals surface area contributed by atoms with E-state index >= 15 is 0 Å². The number of carboxylic acid groups (broad SMARTS) is 1. The number of hydrogen-bond donors (Lipinski definition) is 3. The maximum absolute atomic E-state index is 13.3. The molecule has 0 spiro atoms. The van der Waals surface area contributed by atoms with Crippen molar-refractivity contribution in [2.75, 3.05) is 12.1 Å². The molecule has 0 radical (unpaired) electrons. The number of thiophene rings is 1. The van der Waals surface area contributed by atoms with Gasteiger partial charge in [0.25, 0.3) is 5.91 Å². The van der Waals surface area contributed by atoms with Crippen LogP contribution in [-0.4, -0.2) is 29.7 Å². The molecule has 3 N–H and O–H groups in total. The van der Waals surface area contributed by atoms with Crippen molar-refractivity contribution in [2.45, 2.75) is 57.9 Å². The van der Waals surface area contributed by atoms with Gasteiger partial charge < -0.3 is 25.2 Å². The van der Waals surface area contributed by atoms with Gasteiger partial charge in [-0.1, -0.05) is 6.07 Å². The highest BCUT2D eigenvalue weighted by molar-refractivity contribution is 7.17. The molecule has 180 valence electrons. The van der Waals surface area contributed by atoms with E-state index in [-0.39, 0.29) is 30.4 Å². The summed E-state index contributed by atoms with van der Waals surface area (Å²) in [5.74, 6) is -0.315. The largest absolute Gasteiger partial charge is 0.481 e. The number of amides is 2. The van der Waals surface area contributed by atoms with Gasteiger partial charge in [0, 0.05) is 17.3 Å². The van der Waals surface area contributed by atoms with Crippen LogP contribution in [0.15, 0.2) is 18.2 Å². The Labute approximate surface area is 201 Å². The van der Waals surface area contributed by atoms with Crippen molar-refractivity contribution in [3.8, 4) is 11.5 Å². The van der Waals surface area contributed by atoms with Crippen LogP contribution < -0.4 is 20.1 Å². The normalized spacial score (nSPS) is 20.9. The topological polar surface area (TPSA) is 114 Å². The number of aryl methyl sites for hydroxylation is 1. The van der Waals surface area contributed by atoms with Crippen molar-refractivity contribution in [1.29, 1.82) is 0 Å². The fourth-order valence-corrected chi connectivity index (χ4v) is 6.32. The van der Waals surface area contributed by atoms with Gasteiger partial charge in [0.1, 0.15) is 5.00 Å². The quantitative estimate of drug-likeness (QED) is 0.569. The van der Waals surface area contributed by atoms with Crippen LogP contribution in [0.5, 0.6) is 11.5 Å². The molecule has 1 aliphatic heterocycles. The van der Waals surface area contributed by atoms with Crippen LogP contribution in [-0.2, 0) is 29.0 Å². The maximum atomic E-state index is 13.3. The fraction of sp³-hybridized carbons (Fsp3) is 0.480. The summed E-state index contributed by atoms with van der Waals surface area (Å²) in [7, 11) is 0. The van der Waals surface area contributed by atoms with Gasteiger partial charge in [-0.25, -0.2) is 0 Å². The van der Waals surface area contributed by atoms with Crippen molar-refractivity contribution in [1.82, 2.24) is 5.32 Å². The zero-order chi connectivity index (χ0) is 23.7. The molecule has 3 aliphatic rings. The Morgan fingerprint density at radius 1 is 1.00 bits per heavy atom. The molecule has 0 unspecified atom stereocenters. The maximum Gasteiger partial charge on any atom is 0.306 e. The van der Waals surface area contributed by atoms with E-state index in [4.69, 9.17) is 9.47 Å². The highest BCUT2D eigenvalue weighted by Gasteiger charge is 2.32. The average Bonchev–Trinajstić information content (AvgIpc) is 3.46. The predicted molar refractivity (Wildman–Crippen MR) is 126 cm³/mol. The van der Waals surface area contributed by atoms with E-state index in [1.807, 2.05) is 18.2 Å². The van der Waals surface area contributed by atoms with Gasteiger partial charge in [-0.2, -0.15) is 0 Å². The van der Waals surface area contributed by atoms with Gasteiger partial charge in [-0.05, 0) is 74.6 Å². The third-order valence-electron chi connectivity index (χ3n) is 6.97. The number of carbonyl (C=O) groups excluding carboxylic acids is 2. The molecule has 1 saturated carbocycles. The second-order valence-electron chi connectivity index (χ2n) is 9.16. The van der Waals surface area contributed by atoms with E-state index in [1.54, 1.807) is 0 Å². The number of rotatable bonds is 6. The SMILES string of the molecule is O=C(NCc1ccc2c(c1)OCO2)c1c(NC(=O)C2CCC(C(=O)O)CC2)sc2c1CCCC2. The van der Waals surface area contributed by atoms with E-state index in [9.17, 15) is 19.5 Å². The third kappa shape index (κ3) is 4.61. The molecule has 8 nitrogen and oxygen atoms in total. The van der Waals surface area contributed by atoms with Crippen molar-refractivity contribution in [2.24, 2.45) is 11.8 Å². The van der Waals surface area contributed by atoms with Gasteiger partial charge >= 0.3 is 5.97 Å². The van der Waals surface area contributed by atoms with Crippen molar-refractivity contribution in [3.05, 3.63) is 39.8 Å².